The van der Waals surface area contributed by atoms with Crippen LogP contribution in [0.15, 0.2) is 47.7 Å². The van der Waals surface area contributed by atoms with Crippen molar-refractivity contribution in [2.75, 3.05) is 19.5 Å². The number of benzene rings is 1. The van der Waals surface area contributed by atoms with Gasteiger partial charge in [0.2, 0.25) is 0 Å². The van der Waals surface area contributed by atoms with E-state index in [1.54, 1.807) is 18.9 Å². The minimum atomic E-state index is 0.0413. The summed E-state index contributed by atoms with van der Waals surface area (Å²) < 4.78 is 14.6. The molecule has 0 spiro atoms. The molecule has 188 valence electrons. The summed E-state index contributed by atoms with van der Waals surface area (Å²) in [6.45, 7) is 7.27. The predicted molar refractivity (Wildman–Crippen MR) is 141 cm³/mol. The fourth-order valence-electron chi connectivity index (χ4n) is 5.12. The molecule has 7 heteroatoms. The van der Waals surface area contributed by atoms with Gasteiger partial charge < -0.3 is 19.4 Å². The Balaban J connectivity index is 1.54. The molecule has 0 radical (unpaired) electrons. The predicted octanol–water partition coefficient (Wildman–Crippen LogP) is 5.23. The molecule has 0 unspecified atom stereocenters. The molecule has 7 nitrogen and oxygen atoms in total. The number of pyridine rings is 1. The Morgan fingerprint density at radius 2 is 1.80 bits per heavy atom. The molecule has 0 bridgehead atoms. The molecule has 0 atom stereocenters. The molecule has 3 aromatic rings. The lowest BCUT2D eigenvalue weighted by Crippen LogP contribution is -2.36. The zero-order valence-corrected chi connectivity index (χ0v) is 21.8. The van der Waals surface area contributed by atoms with E-state index in [0.29, 0.717) is 18.2 Å². The maximum atomic E-state index is 13.3. The summed E-state index contributed by atoms with van der Waals surface area (Å²) in [5.41, 5.74) is 4.06. The number of aryl methyl sites for hydroxylation is 1. The van der Waals surface area contributed by atoms with E-state index in [1.165, 1.54) is 5.56 Å². The molecule has 35 heavy (non-hydrogen) atoms. The summed E-state index contributed by atoms with van der Waals surface area (Å²) in [4.78, 5) is 13.3. The first-order valence-corrected chi connectivity index (χ1v) is 12.4. The molecular weight excluding hydrogens is 440 g/mol. The first-order chi connectivity index (χ1) is 16.7. The number of hydrogen-bond acceptors (Lipinski definition) is 5. The summed E-state index contributed by atoms with van der Waals surface area (Å²) in [6, 6.07) is 8.49. The van der Waals surface area contributed by atoms with Gasteiger partial charge in [-0.25, -0.2) is 0 Å². The van der Waals surface area contributed by atoms with Gasteiger partial charge in [-0.3, -0.25) is 9.48 Å². The van der Waals surface area contributed by atoms with Crippen molar-refractivity contribution >= 4 is 5.69 Å². The largest absolute Gasteiger partial charge is 0.493 e. The number of nitrogens with zero attached hydrogens (tertiary/aromatic N) is 3. The highest BCUT2D eigenvalue weighted by Crippen LogP contribution is 2.42. The summed E-state index contributed by atoms with van der Waals surface area (Å²) >= 11 is 0. The van der Waals surface area contributed by atoms with Gasteiger partial charge in [0.15, 0.2) is 11.5 Å². The van der Waals surface area contributed by atoms with Gasteiger partial charge in [-0.15, -0.1) is 0 Å². The third kappa shape index (κ3) is 5.39. The highest BCUT2D eigenvalue weighted by Gasteiger charge is 2.33. The van der Waals surface area contributed by atoms with Gasteiger partial charge in [-0.1, -0.05) is 26.8 Å². The van der Waals surface area contributed by atoms with Crippen molar-refractivity contribution in [3.8, 4) is 22.6 Å². The third-order valence-corrected chi connectivity index (χ3v) is 7.22. The topological polar surface area (TPSA) is 70.3 Å². The van der Waals surface area contributed by atoms with Crippen LogP contribution >= 0.6 is 0 Å². The standard InChI is InChI=1S/C28H38N4O3/c1-19(2)16-32-18-20(21-15-29-31(4)17-21)13-24(27(32)33)30-23-9-11-28(3,12-10-23)22-7-8-25(34-5)26(14-22)35-6/h7-8,13-15,17-19,23,30H,9-12,16H2,1-6H3. The second-order valence-electron chi connectivity index (χ2n) is 10.4. The normalized spacial score (nSPS) is 20.1. The maximum absolute atomic E-state index is 13.3. The highest BCUT2D eigenvalue weighted by molar-refractivity contribution is 5.65. The van der Waals surface area contributed by atoms with E-state index in [9.17, 15) is 4.79 Å². The number of hydrogen-bond donors (Lipinski definition) is 1. The van der Waals surface area contributed by atoms with Gasteiger partial charge >= 0.3 is 0 Å². The zero-order valence-electron chi connectivity index (χ0n) is 21.8. The van der Waals surface area contributed by atoms with Crippen LogP contribution in [0.25, 0.3) is 11.1 Å². The number of anilines is 1. The van der Waals surface area contributed by atoms with Crippen LogP contribution in [-0.4, -0.2) is 34.6 Å². The maximum Gasteiger partial charge on any atom is 0.273 e. The smallest absolute Gasteiger partial charge is 0.273 e. The molecule has 1 aliphatic carbocycles. The van der Waals surface area contributed by atoms with Crippen LogP contribution in [-0.2, 0) is 19.0 Å². The fourth-order valence-corrected chi connectivity index (χ4v) is 5.12. The quantitative estimate of drug-likeness (QED) is 0.480. The Kier molecular flexibility index (Phi) is 7.24. The van der Waals surface area contributed by atoms with Gasteiger partial charge in [-0.2, -0.15) is 5.10 Å². The summed E-state index contributed by atoms with van der Waals surface area (Å²) in [6.07, 6.45) is 9.83. The van der Waals surface area contributed by atoms with Gasteiger partial charge in [0.05, 0.1) is 20.4 Å². The lowest BCUT2D eigenvalue weighted by Gasteiger charge is -2.38. The van der Waals surface area contributed by atoms with Crippen molar-refractivity contribution in [1.29, 1.82) is 0 Å². The average Bonchev–Trinajstić information content (AvgIpc) is 3.28. The number of aromatic nitrogens is 3. The molecule has 2 heterocycles. The minimum Gasteiger partial charge on any atom is -0.493 e. The van der Waals surface area contributed by atoms with Crippen molar-refractivity contribution in [1.82, 2.24) is 14.3 Å². The average molecular weight is 479 g/mol. The Morgan fingerprint density at radius 3 is 2.40 bits per heavy atom. The van der Waals surface area contributed by atoms with Crippen LogP contribution < -0.4 is 20.3 Å². The van der Waals surface area contributed by atoms with E-state index in [1.807, 2.05) is 42.3 Å². The van der Waals surface area contributed by atoms with Gasteiger partial charge in [0.1, 0.15) is 5.69 Å². The van der Waals surface area contributed by atoms with Crippen molar-refractivity contribution < 1.29 is 9.47 Å². The van der Waals surface area contributed by atoms with Crippen molar-refractivity contribution in [2.45, 2.75) is 64.5 Å². The van der Waals surface area contributed by atoms with Crippen molar-refractivity contribution in [3.05, 3.63) is 58.8 Å². The van der Waals surface area contributed by atoms with Crippen LogP contribution in [0.5, 0.6) is 11.5 Å². The van der Waals surface area contributed by atoms with E-state index < -0.39 is 0 Å². The SMILES string of the molecule is COc1ccc(C2(C)CCC(Nc3cc(-c4cnn(C)c4)cn(CC(C)C)c3=O)CC2)cc1OC. The Morgan fingerprint density at radius 1 is 1.09 bits per heavy atom. The number of ether oxygens (including phenoxy) is 2. The minimum absolute atomic E-state index is 0.0413. The van der Waals surface area contributed by atoms with E-state index in [0.717, 1.165) is 48.3 Å². The lowest BCUT2D eigenvalue weighted by molar-refractivity contribution is 0.299. The van der Waals surface area contributed by atoms with Gasteiger partial charge in [0, 0.05) is 43.2 Å². The summed E-state index contributed by atoms with van der Waals surface area (Å²) in [5, 5.41) is 7.92. The van der Waals surface area contributed by atoms with E-state index in [4.69, 9.17) is 9.47 Å². The van der Waals surface area contributed by atoms with Crippen LogP contribution in [0.1, 0.15) is 52.0 Å². The van der Waals surface area contributed by atoms with Crippen LogP contribution in [0.4, 0.5) is 5.69 Å². The van der Waals surface area contributed by atoms with E-state index in [-0.39, 0.29) is 17.0 Å². The van der Waals surface area contributed by atoms with Gasteiger partial charge in [-0.05, 0) is 60.8 Å². The second kappa shape index (κ2) is 10.2. The first-order valence-electron chi connectivity index (χ1n) is 12.4. The van der Waals surface area contributed by atoms with Crippen molar-refractivity contribution in [3.63, 3.8) is 0 Å². The monoisotopic (exact) mass is 478 g/mol. The molecule has 1 aliphatic rings. The summed E-state index contributed by atoms with van der Waals surface area (Å²) in [5.74, 6) is 1.90. The molecule has 4 rings (SSSR count). The molecular formula is C28H38N4O3. The first kappa shape index (κ1) is 24.9. The Labute approximate surface area is 208 Å². The molecule has 0 amide bonds. The Hall–Kier alpha value is -3.22. The molecule has 1 fully saturated rings. The van der Waals surface area contributed by atoms with Crippen LogP contribution in [0.2, 0.25) is 0 Å². The lowest BCUT2D eigenvalue weighted by atomic mass is 9.69. The van der Waals surface area contributed by atoms with E-state index in [2.05, 4.69) is 43.3 Å². The second-order valence-corrected chi connectivity index (χ2v) is 10.4. The molecule has 1 aromatic carbocycles. The molecule has 1 N–H and O–H groups in total. The van der Waals surface area contributed by atoms with Crippen LogP contribution in [0.3, 0.4) is 0 Å². The molecule has 2 aromatic heterocycles. The van der Waals surface area contributed by atoms with Gasteiger partial charge in [0.25, 0.3) is 5.56 Å². The molecule has 0 saturated heterocycles. The molecule has 1 saturated carbocycles. The Bertz CT molecular complexity index is 1220. The number of rotatable bonds is 8. The number of nitrogens with one attached hydrogen (secondary N) is 1. The van der Waals surface area contributed by atoms with E-state index >= 15 is 0 Å². The van der Waals surface area contributed by atoms with Crippen LogP contribution in [0, 0.1) is 5.92 Å². The molecule has 0 aliphatic heterocycles. The number of methoxy groups -OCH3 is 2. The van der Waals surface area contributed by atoms with Crippen molar-refractivity contribution in [2.24, 2.45) is 13.0 Å². The highest BCUT2D eigenvalue weighted by atomic mass is 16.5. The summed E-state index contributed by atoms with van der Waals surface area (Å²) in [7, 11) is 5.25. The zero-order chi connectivity index (χ0) is 25.2. The third-order valence-electron chi connectivity index (χ3n) is 7.22. The fraction of sp³-hybridized carbons (Fsp3) is 0.500.